The Morgan fingerprint density at radius 1 is 1.04 bits per heavy atom. The number of ether oxygens (including phenoxy) is 2. The number of hydrogen-bond acceptors (Lipinski definition) is 4. The molecular formula is C20H23NO3. The van der Waals surface area contributed by atoms with Crippen LogP contribution in [0.4, 0.5) is 0 Å². The van der Waals surface area contributed by atoms with Crippen LogP contribution in [0.1, 0.15) is 25.0 Å². The molecule has 0 N–H and O–H groups in total. The first-order valence-corrected chi connectivity index (χ1v) is 7.86. The molecule has 0 aliphatic carbocycles. The molecule has 0 spiro atoms. The molecule has 2 aromatic rings. The van der Waals surface area contributed by atoms with Gasteiger partial charge in [-0.05, 0) is 37.6 Å². The van der Waals surface area contributed by atoms with Crippen LogP contribution in [0.3, 0.4) is 0 Å². The maximum Gasteiger partial charge on any atom is 0.134 e. The summed E-state index contributed by atoms with van der Waals surface area (Å²) in [6, 6.07) is 17.7. The van der Waals surface area contributed by atoms with E-state index in [1.807, 2.05) is 74.5 Å². The number of oxime groups is 1. The lowest BCUT2D eigenvalue weighted by molar-refractivity contribution is 0.200. The molecule has 0 amide bonds. The molecule has 4 nitrogen and oxygen atoms in total. The van der Waals surface area contributed by atoms with Gasteiger partial charge in [-0.25, -0.2) is 0 Å². The summed E-state index contributed by atoms with van der Waals surface area (Å²) < 4.78 is 11.4. The molecule has 0 bridgehead atoms. The Bertz CT molecular complexity index is 676. The van der Waals surface area contributed by atoms with Gasteiger partial charge in [0.25, 0.3) is 0 Å². The van der Waals surface area contributed by atoms with Crippen molar-refractivity contribution in [1.29, 1.82) is 0 Å². The second-order valence-electron chi connectivity index (χ2n) is 5.21. The van der Waals surface area contributed by atoms with Gasteiger partial charge in [-0.2, -0.15) is 0 Å². The fourth-order valence-corrected chi connectivity index (χ4v) is 2.02. The van der Waals surface area contributed by atoms with Gasteiger partial charge in [-0.15, -0.1) is 0 Å². The van der Waals surface area contributed by atoms with E-state index in [1.165, 1.54) is 7.11 Å². The number of hydrogen-bond donors (Lipinski definition) is 0. The highest BCUT2D eigenvalue weighted by atomic mass is 16.6. The summed E-state index contributed by atoms with van der Waals surface area (Å²) in [5.41, 5.74) is 2.82. The van der Waals surface area contributed by atoms with Crippen molar-refractivity contribution in [3.8, 4) is 5.75 Å². The van der Waals surface area contributed by atoms with Gasteiger partial charge in [0.05, 0.1) is 5.76 Å². The molecule has 2 rings (SSSR count). The van der Waals surface area contributed by atoms with Crippen LogP contribution in [0.5, 0.6) is 5.75 Å². The number of rotatable bonds is 8. The van der Waals surface area contributed by atoms with Crippen molar-refractivity contribution in [2.45, 2.75) is 20.5 Å². The number of benzene rings is 2. The van der Waals surface area contributed by atoms with E-state index in [0.717, 1.165) is 28.3 Å². The van der Waals surface area contributed by atoms with Gasteiger partial charge in [-0.1, -0.05) is 47.6 Å². The van der Waals surface area contributed by atoms with E-state index >= 15 is 0 Å². The molecule has 0 unspecified atom stereocenters. The van der Waals surface area contributed by atoms with Gasteiger partial charge in [-0.3, -0.25) is 0 Å². The summed E-state index contributed by atoms with van der Waals surface area (Å²) in [5, 5.41) is 4.05. The lowest BCUT2D eigenvalue weighted by Gasteiger charge is -2.10. The molecule has 0 heterocycles. The monoisotopic (exact) mass is 325 g/mol. The first-order valence-electron chi connectivity index (χ1n) is 7.86. The summed E-state index contributed by atoms with van der Waals surface area (Å²) in [6.45, 7) is 4.79. The third kappa shape index (κ3) is 5.47. The van der Waals surface area contributed by atoms with Crippen molar-refractivity contribution >= 4 is 5.71 Å². The molecule has 0 radical (unpaired) electrons. The van der Waals surface area contributed by atoms with Crippen LogP contribution >= 0.6 is 0 Å². The Kier molecular flexibility index (Phi) is 6.90. The van der Waals surface area contributed by atoms with Crippen molar-refractivity contribution in [3.63, 3.8) is 0 Å². The van der Waals surface area contributed by atoms with E-state index < -0.39 is 0 Å². The van der Waals surface area contributed by atoms with E-state index in [0.29, 0.717) is 13.2 Å². The van der Waals surface area contributed by atoms with Crippen LogP contribution in [-0.4, -0.2) is 19.4 Å². The van der Waals surface area contributed by atoms with Crippen molar-refractivity contribution in [2.75, 3.05) is 13.7 Å². The zero-order valence-corrected chi connectivity index (χ0v) is 14.4. The zero-order chi connectivity index (χ0) is 17.2. The maximum absolute atomic E-state index is 5.81. The molecule has 126 valence electrons. The highest BCUT2D eigenvalue weighted by Crippen LogP contribution is 2.15. The van der Waals surface area contributed by atoms with Gasteiger partial charge in [0.15, 0.2) is 0 Å². The third-order valence-corrected chi connectivity index (χ3v) is 3.48. The molecule has 0 aromatic heterocycles. The third-order valence-electron chi connectivity index (χ3n) is 3.48. The van der Waals surface area contributed by atoms with E-state index in [1.54, 1.807) is 0 Å². The quantitative estimate of drug-likeness (QED) is 0.406. The largest absolute Gasteiger partial charge is 0.494 e. The predicted octanol–water partition coefficient (Wildman–Crippen LogP) is 4.56. The molecule has 0 aliphatic heterocycles. The maximum atomic E-state index is 5.81. The Balaban J connectivity index is 1.94. The van der Waals surface area contributed by atoms with Gasteiger partial charge in [0, 0.05) is 5.56 Å². The molecule has 0 atom stereocenters. The highest BCUT2D eigenvalue weighted by Gasteiger charge is 2.06. The topological polar surface area (TPSA) is 40.0 Å². The van der Waals surface area contributed by atoms with Crippen molar-refractivity contribution in [1.82, 2.24) is 0 Å². The molecule has 0 saturated heterocycles. The average Bonchev–Trinajstić information content (AvgIpc) is 2.64. The van der Waals surface area contributed by atoms with Crippen LogP contribution < -0.4 is 4.74 Å². The molecular weight excluding hydrogens is 302 g/mol. The molecule has 2 aromatic carbocycles. The Hall–Kier alpha value is -2.75. The molecule has 4 heteroatoms. The fourth-order valence-electron chi connectivity index (χ4n) is 2.02. The Morgan fingerprint density at radius 2 is 1.75 bits per heavy atom. The molecule has 0 aliphatic rings. The zero-order valence-electron chi connectivity index (χ0n) is 14.4. The standard InChI is InChI=1S/C20H23NO3/c1-4-16(2)23-14-17-10-12-19(13-11-17)24-15-20(21-22-3)18-8-6-5-7-9-18/h4-13H,14-15H2,1-3H3. The Morgan fingerprint density at radius 3 is 2.38 bits per heavy atom. The van der Waals surface area contributed by atoms with Crippen molar-refractivity contribution < 1.29 is 14.3 Å². The van der Waals surface area contributed by atoms with Gasteiger partial charge >= 0.3 is 0 Å². The molecule has 0 fully saturated rings. The van der Waals surface area contributed by atoms with Crippen LogP contribution in [0.25, 0.3) is 0 Å². The van der Waals surface area contributed by atoms with E-state index in [4.69, 9.17) is 14.3 Å². The fraction of sp³-hybridized carbons (Fsp3) is 0.250. The second-order valence-corrected chi connectivity index (χ2v) is 5.21. The number of allylic oxidation sites excluding steroid dienone is 2. The van der Waals surface area contributed by atoms with Crippen LogP contribution in [0.15, 0.2) is 71.6 Å². The van der Waals surface area contributed by atoms with E-state index in [9.17, 15) is 0 Å². The van der Waals surface area contributed by atoms with E-state index in [-0.39, 0.29) is 0 Å². The minimum absolute atomic E-state index is 0.339. The highest BCUT2D eigenvalue weighted by molar-refractivity contribution is 6.01. The van der Waals surface area contributed by atoms with Crippen molar-refractivity contribution in [3.05, 3.63) is 77.6 Å². The smallest absolute Gasteiger partial charge is 0.134 e. The summed E-state index contributed by atoms with van der Waals surface area (Å²) in [5.74, 6) is 1.69. The average molecular weight is 325 g/mol. The lowest BCUT2D eigenvalue weighted by Crippen LogP contribution is -2.13. The molecule has 24 heavy (non-hydrogen) atoms. The predicted molar refractivity (Wildman–Crippen MR) is 96.1 cm³/mol. The van der Waals surface area contributed by atoms with Gasteiger partial charge < -0.3 is 14.3 Å². The second kappa shape index (κ2) is 9.40. The number of nitrogens with zero attached hydrogens (tertiary/aromatic N) is 1. The summed E-state index contributed by atoms with van der Waals surface area (Å²) in [4.78, 5) is 4.92. The first-order chi connectivity index (χ1) is 11.7. The van der Waals surface area contributed by atoms with Crippen LogP contribution in [0, 0.1) is 0 Å². The summed E-state index contributed by atoms with van der Waals surface area (Å²) >= 11 is 0. The lowest BCUT2D eigenvalue weighted by atomic mass is 10.1. The van der Waals surface area contributed by atoms with Crippen molar-refractivity contribution in [2.24, 2.45) is 5.16 Å². The van der Waals surface area contributed by atoms with Crippen LogP contribution in [-0.2, 0) is 16.2 Å². The van der Waals surface area contributed by atoms with Gasteiger partial charge in [0.1, 0.15) is 31.8 Å². The normalized spacial score (nSPS) is 12.0. The summed E-state index contributed by atoms with van der Waals surface area (Å²) in [6.07, 6.45) is 1.94. The SMILES string of the molecule is CC=C(C)OCc1ccc(OCC(=NOC)c2ccccc2)cc1. The van der Waals surface area contributed by atoms with Gasteiger partial charge in [0.2, 0.25) is 0 Å². The molecule has 0 saturated carbocycles. The minimum Gasteiger partial charge on any atom is -0.494 e. The Labute approximate surface area is 143 Å². The van der Waals surface area contributed by atoms with Crippen LogP contribution in [0.2, 0.25) is 0 Å². The van der Waals surface area contributed by atoms with E-state index in [2.05, 4.69) is 5.16 Å². The first kappa shape index (κ1) is 17.6. The summed E-state index contributed by atoms with van der Waals surface area (Å²) in [7, 11) is 1.53. The minimum atomic E-state index is 0.339.